The molecule has 1 atom stereocenters. The van der Waals surface area contributed by atoms with Crippen LogP contribution in [0.15, 0.2) is 0 Å². The molecule has 0 aliphatic rings. The van der Waals surface area contributed by atoms with Gasteiger partial charge in [-0.25, -0.2) is 0 Å². The molecule has 0 fully saturated rings. The van der Waals surface area contributed by atoms with Crippen molar-refractivity contribution < 1.29 is 15.0 Å². The summed E-state index contributed by atoms with van der Waals surface area (Å²) in [5.41, 5.74) is 0. The van der Waals surface area contributed by atoms with E-state index in [2.05, 4.69) is 0 Å². The van der Waals surface area contributed by atoms with Crippen LogP contribution in [0.4, 0.5) is 0 Å². The third-order valence-corrected chi connectivity index (χ3v) is 1.40. The van der Waals surface area contributed by atoms with Crippen LogP contribution in [0.3, 0.4) is 0 Å². The molecule has 0 aliphatic carbocycles. The first-order valence-electron chi connectivity index (χ1n) is 3.51. The Bertz CT molecular complexity index is 101. The summed E-state index contributed by atoms with van der Waals surface area (Å²) in [7, 11) is 0. The molecule has 0 rings (SSSR count). The van der Waals surface area contributed by atoms with Crippen LogP contribution in [0.2, 0.25) is 0 Å². The van der Waals surface area contributed by atoms with E-state index in [1.54, 1.807) is 0 Å². The molecule has 60 valence electrons. The fourth-order valence-corrected chi connectivity index (χ4v) is 0.611. The highest BCUT2D eigenvalue weighted by atomic mass is 16.3. The lowest BCUT2D eigenvalue weighted by atomic mass is 10.1. The highest BCUT2D eigenvalue weighted by Crippen LogP contribution is 2.00. The maximum atomic E-state index is 10.5. The van der Waals surface area contributed by atoms with E-state index >= 15 is 0 Å². The van der Waals surface area contributed by atoms with Crippen molar-refractivity contribution in [3.05, 3.63) is 0 Å². The van der Waals surface area contributed by atoms with Crippen LogP contribution in [-0.2, 0) is 4.79 Å². The first-order valence-corrected chi connectivity index (χ1v) is 3.51. The predicted molar refractivity (Wildman–Crippen MR) is 37.6 cm³/mol. The van der Waals surface area contributed by atoms with Crippen molar-refractivity contribution >= 4 is 5.78 Å². The number of rotatable bonds is 5. The summed E-state index contributed by atoms with van der Waals surface area (Å²) in [4.78, 5) is 10.5. The van der Waals surface area contributed by atoms with Crippen LogP contribution in [-0.4, -0.2) is 28.7 Å². The normalized spacial score (nSPS) is 13.1. The molecular weight excluding hydrogens is 132 g/mol. The van der Waals surface area contributed by atoms with Crippen molar-refractivity contribution in [2.45, 2.75) is 32.3 Å². The average Bonchev–Trinajstić information content (AvgIpc) is 1.99. The van der Waals surface area contributed by atoms with Gasteiger partial charge in [0.2, 0.25) is 0 Å². The van der Waals surface area contributed by atoms with E-state index in [9.17, 15) is 4.79 Å². The molecule has 0 spiro atoms. The Kier molecular flexibility index (Phi) is 5.16. The van der Waals surface area contributed by atoms with Crippen LogP contribution in [0.1, 0.15) is 26.2 Å². The molecule has 2 N–H and O–H groups in total. The van der Waals surface area contributed by atoms with Gasteiger partial charge in [0.05, 0.1) is 6.10 Å². The van der Waals surface area contributed by atoms with Gasteiger partial charge in [0.15, 0.2) is 5.78 Å². The number of aliphatic hydroxyl groups excluding tert-OH is 2. The Morgan fingerprint density at radius 1 is 1.60 bits per heavy atom. The zero-order valence-corrected chi connectivity index (χ0v) is 6.21. The quantitative estimate of drug-likeness (QED) is 0.578. The van der Waals surface area contributed by atoms with Gasteiger partial charge in [-0.1, -0.05) is 6.92 Å². The third-order valence-electron chi connectivity index (χ3n) is 1.40. The first kappa shape index (κ1) is 9.59. The van der Waals surface area contributed by atoms with Crippen molar-refractivity contribution in [3.63, 3.8) is 0 Å². The molecule has 0 saturated heterocycles. The van der Waals surface area contributed by atoms with Crippen molar-refractivity contribution in [1.29, 1.82) is 0 Å². The summed E-state index contributed by atoms with van der Waals surface area (Å²) in [6.07, 6.45) is 1.02. The molecule has 0 aromatic carbocycles. The van der Waals surface area contributed by atoms with Gasteiger partial charge in [0.1, 0.15) is 6.61 Å². The summed E-state index contributed by atoms with van der Waals surface area (Å²) < 4.78 is 0. The summed E-state index contributed by atoms with van der Waals surface area (Å²) in [6, 6.07) is 0. The van der Waals surface area contributed by atoms with Crippen LogP contribution in [0.5, 0.6) is 0 Å². The second-order valence-corrected chi connectivity index (χ2v) is 2.30. The van der Waals surface area contributed by atoms with Crippen molar-refractivity contribution in [2.24, 2.45) is 0 Å². The van der Waals surface area contributed by atoms with Crippen LogP contribution < -0.4 is 0 Å². The van der Waals surface area contributed by atoms with Gasteiger partial charge in [0, 0.05) is 6.42 Å². The highest BCUT2D eigenvalue weighted by molar-refractivity contribution is 5.79. The van der Waals surface area contributed by atoms with Crippen molar-refractivity contribution in [2.75, 3.05) is 6.61 Å². The lowest BCUT2D eigenvalue weighted by Gasteiger charge is -2.04. The molecule has 3 heteroatoms. The number of carbonyl (C=O) groups is 1. The lowest BCUT2D eigenvalue weighted by molar-refractivity contribution is -0.122. The Morgan fingerprint density at radius 2 is 2.20 bits per heavy atom. The summed E-state index contributed by atoms with van der Waals surface area (Å²) in [5, 5.41) is 17.3. The highest BCUT2D eigenvalue weighted by Gasteiger charge is 2.04. The number of aliphatic hydroxyl groups is 2. The minimum absolute atomic E-state index is 0.201. The van der Waals surface area contributed by atoms with Gasteiger partial charge < -0.3 is 10.2 Å². The van der Waals surface area contributed by atoms with Crippen LogP contribution >= 0.6 is 0 Å². The second-order valence-electron chi connectivity index (χ2n) is 2.30. The van der Waals surface area contributed by atoms with Crippen LogP contribution in [0, 0.1) is 0 Å². The molecule has 0 heterocycles. The maximum absolute atomic E-state index is 10.5. The predicted octanol–water partition coefficient (Wildman–Crippen LogP) is 0.0989. The number of hydrogen-bond donors (Lipinski definition) is 2. The van der Waals surface area contributed by atoms with Gasteiger partial charge in [-0.05, 0) is 12.8 Å². The van der Waals surface area contributed by atoms with Gasteiger partial charge >= 0.3 is 0 Å². The maximum Gasteiger partial charge on any atom is 0.158 e. The number of hydrogen-bond acceptors (Lipinski definition) is 3. The summed E-state index contributed by atoms with van der Waals surface area (Å²) in [5.74, 6) is -0.201. The first-order chi connectivity index (χ1) is 4.70. The molecule has 10 heavy (non-hydrogen) atoms. The lowest BCUT2D eigenvalue weighted by Crippen LogP contribution is -2.10. The van der Waals surface area contributed by atoms with Gasteiger partial charge in [0.25, 0.3) is 0 Å². The fourth-order valence-electron chi connectivity index (χ4n) is 0.611. The Balaban J connectivity index is 3.26. The van der Waals surface area contributed by atoms with E-state index in [4.69, 9.17) is 10.2 Å². The Labute approximate surface area is 60.7 Å². The molecule has 0 amide bonds. The molecule has 0 radical (unpaired) electrons. The number of Topliss-reactive ketones (excluding diaryl/α,β-unsaturated/α-hetero) is 1. The SMILES string of the molecule is CCC(O)CCC(=O)CO. The molecule has 0 bridgehead atoms. The fraction of sp³-hybridized carbons (Fsp3) is 0.857. The van der Waals surface area contributed by atoms with Crippen molar-refractivity contribution in [3.8, 4) is 0 Å². The molecule has 0 aliphatic heterocycles. The zero-order valence-electron chi connectivity index (χ0n) is 6.21. The van der Waals surface area contributed by atoms with E-state index in [0.29, 0.717) is 12.8 Å². The molecular formula is C7H14O3. The van der Waals surface area contributed by atoms with Gasteiger partial charge in [-0.15, -0.1) is 0 Å². The Hall–Kier alpha value is -0.410. The molecule has 0 aromatic rings. The van der Waals surface area contributed by atoms with Crippen molar-refractivity contribution in [1.82, 2.24) is 0 Å². The van der Waals surface area contributed by atoms with E-state index in [-0.39, 0.29) is 12.2 Å². The van der Waals surface area contributed by atoms with E-state index < -0.39 is 12.7 Å². The third kappa shape index (κ3) is 4.47. The molecule has 3 nitrogen and oxygen atoms in total. The standard InChI is InChI=1S/C7H14O3/c1-2-6(9)3-4-7(10)5-8/h6,8-9H,2-5H2,1H3. The zero-order chi connectivity index (χ0) is 7.98. The number of ketones is 1. The minimum atomic E-state index is -0.406. The van der Waals surface area contributed by atoms with Gasteiger partial charge in [-0.2, -0.15) is 0 Å². The number of carbonyl (C=O) groups excluding carboxylic acids is 1. The van der Waals surface area contributed by atoms with Crippen LogP contribution in [0.25, 0.3) is 0 Å². The Morgan fingerprint density at radius 3 is 2.60 bits per heavy atom. The largest absolute Gasteiger partial charge is 0.393 e. The summed E-state index contributed by atoms with van der Waals surface area (Å²) in [6.45, 7) is 1.45. The summed E-state index contributed by atoms with van der Waals surface area (Å²) >= 11 is 0. The van der Waals surface area contributed by atoms with E-state index in [1.807, 2.05) is 6.92 Å². The van der Waals surface area contributed by atoms with Gasteiger partial charge in [-0.3, -0.25) is 4.79 Å². The molecule has 0 saturated carbocycles. The smallest absolute Gasteiger partial charge is 0.158 e. The van der Waals surface area contributed by atoms with E-state index in [0.717, 1.165) is 0 Å². The second kappa shape index (κ2) is 5.38. The monoisotopic (exact) mass is 146 g/mol. The average molecular weight is 146 g/mol. The molecule has 1 unspecified atom stereocenters. The topological polar surface area (TPSA) is 57.5 Å². The van der Waals surface area contributed by atoms with E-state index in [1.165, 1.54) is 0 Å². The minimum Gasteiger partial charge on any atom is -0.393 e. The molecule has 0 aromatic heterocycles.